The summed E-state index contributed by atoms with van der Waals surface area (Å²) in [4.78, 5) is 0. The Morgan fingerprint density at radius 3 is 2.06 bits per heavy atom. The van der Waals surface area contributed by atoms with Gasteiger partial charge in [-0.25, -0.2) is 13.9 Å². The SMILES string of the molecule is CN(C)P(=O)(Oc1ccccc1Cl)N(C)C. The van der Waals surface area contributed by atoms with Crippen LogP contribution in [0.5, 0.6) is 5.75 Å². The molecule has 90 valence electrons. The summed E-state index contributed by atoms with van der Waals surface area (Å²) in [7, 11) is 3.79. The van der Waals surface area contributed by atoms with Crippen LogP contribution < -0.4 is 4.52 Å². The van der Waals surface area contributed by atoms with Crippen molar-refractivity contribution in [1.82, 2.24) is 9.34 Å². The molecule has 0 radical (unpaired) electrons. The zero-order valence-corrected chi connectivity index (χ0v) is 11.5. The molecule has 0 spiro atoms. The molecule has 0 N–H and O–H groups in total. The van der Waals surface area contributed by atoms with Crippen LogP contribution >= 0.6 is 19.3 Å². The Hall–Kier alpha value is -0.540. The average molecular weight is 263 g/mol. The minimum Gasteiger partial charge on any atom is -0.420 e. The molecule has 16 heavy (non-hydrogen) atoms. The molecule has 0 atom stereocenters. The third kappa shape index (κ3) is 2.77. The van der Waals surface area contributed by atoms with Crippen molar-refractivity contribution >= 4 is 19.3 Å². The van der Waals surface area contributed by atoms with E-state index in [1.807, 2.05) is 0 Å². The lowest BCUT2D eigenvalue weighted by atomic mass is 10.3. The molecule has 6 heteroatoms. The van der Waals surface area contributed by atoms with Crippen molar-refractivity contribution in [3.63, 3.8) is 0 Å². The molecule has 0 aliphatic heterocycles. The van der Waals surface area contributed by atoms with Gasteiger partial charge in [-0.05, 0) is 40.3 Å². The lowest BCUT2D eigenvalue weighted by Crippen LogP contribution is -2.24. The van der Waals surface area contributed by atoms with Crippen LogP contribution in [-0.2, 0) is 4.57 Å². The molecule has 0 aliphatic rings. The third-order valence-corrected chi connectivity index (χ3v) is 4.83. The van der Waals surface area contributed by atoms with Crippen LogP contribution in [0.15, 0.2) is 24.3 Å². The number of benzene rings is 1. The van der Waals surface area contributed by atoms with E-state index < -0.39 is 7.67 Å². The number of nitrogens with zero attached hydrogens (tertiary/aromatic N) is 2. The van der Waals surface area contributed by atoms with E-state index >= 15 is 0 Å². The van der Waals surface area contributed by atoms with Crippen LogP contribution in [0, 0.1) is 0 Å². The molecule has 0 fully saturated rings. The van der Waals surface area contributed by atoms with Gasteiger partial charge in [0.25, 0.3) is 0 Å². The maximum absolute atomic E-state index is 12.5. The molecule has 0 saturated heterocycles. The lowest BCUT2D eigenvalue weighted by molar-refractivity contribution is 0.354. The van der Waals surface area contributed by atoms with E-state index in [0.717, 1.165) is 0 Å². The lowest BCUT2D eigenvalue weighted by Gasteiger charge is -2.29. The van der Waals surface area contributed by atoms with Crippen LogP contribution in [0.1, 0.15) is 0 Å². The zero-order valence-electron chi connectivity index (χ0n) is 9.85. The summed E-state index contributed by atoms with van der Waals surface area (Å²) in [6, 6.07) is 6.98. The summed E-state index contributed by atoms with van der Waals surface area (Å²) < 4.78 is 21.1. The maximum Gasteiger partial charge on any atom is 0.394 e. The van der Waals surface area contributed by atoms with Crippen molar-refractivity contribution in [1.29, 1.82) is 0 Å². The Kier molecular flexibility index (Phi) is 4.39. The summed E-state index contributed by atoms with van der Waals surface area (Å²) >= 11 is 5.96. The van der Waals surface area contributed by atoms with Gasteiger partial charge in [-0.2, -0.15) is 0 Å². The Morgan fingerprint density at radius 2 is 1.62 bits per heavy atom. The fraction of sp³-hybridized carbons (Fsp3) is 0.400. The quantitative estimate of drug-likeness (QED) is 0.781. The van der Waals surface area contributed by atoms with Crippen molar-refractivity contribution in [3.8, 4) is 5.75 Å². The van der Waals surface area contributed by atoms with Gasteiger partial charge in [0.05, 0.1) is 5.02 Å². The number of rotatable bonds is 4. The predicted molar refractivity (Wildman–Crippen MR) is 67.1 cm³/mol. The van der Waals surface area contributed by atoms with Gasteiger partial charge in [-0.3, -0.25) is 0 Å². The van der Waals surface area contributed by atoms with E-state index in [9.17, 15) is 4.57 Å². The van der Waals surface area contributed by atoms with Crippen molar-refractivity contribution in [3.05, 3.63) is 29.3 Å². The molecule has 1 aromatic carbocycles. The van der Waals surface area contributed by atoms with Crippen LogP contribution in [0.25, 0.3) is 0 Å². The maximum atomic E-state index is 12.5. The van der Waals surface area contributed by atoms with Gasteiger partial charge in [0.15, 0.2) is 0 Å². The highest BCUT2D eigenvalue weighted by Gasteiger charge is 2.31. The first-order chi connectivity index (χ1) is 7.38. The van der Waals surface area contributed by atoms with Crippen molar-refractivity contribution in [2.24, 2.45) is 0 Å². The van der Waals surface area contributed by atoms with Crippen LogP contribution in [0.3, 0.4) is 0 Å². The molecule has 0 aliphatic carbocycles. The minimum absolute atomic E-state index is 0.426. The molecule has 0 amide bonds. The molecular weight excluding hydrogens is 247 g/mol. The Balaban J connectivity index is 3.03. The highest BCUT2D eigenvalue weighted by Crippen LogP contribution is 2.51. The molecular formula is C10H16ClN2O2P. The zero-order chi connectivity index (χ0) is 12.3. The predicted octanol–water partition coefficient (Wildman–Crippen LogP) is 2.95. The standard InChI is InChI=1S/C10H16ClN2O2P/c1-12(2)16(14,13(3)4)15-10-8-6-5-7-9(10)11/h5-8H,1-4H3. The molecule has 1 rings (SSSR count). The molecule has 0 bridgehead atoms. The van der Waals surface area contributed by atoms with Crippen LogP contribution in [0.4, 0.5) is 0 Å². The average Bonchev–Trinajstić information content (AvgIpc) is 2.20. The molecule has 4 nitrogen and oxygen atoms in total. The van der Waals surface area contributed by atoms with Gasteiger partial charge in [-0.15, -0.1) is 0 Å². The first kappa shape index (κ1) is 13.5. The van der Waals surface area contributed by atoms with Gasteiger partial charge in [0.1, 0.15) is 5.75 Å². The van der Waals surface area contributed by atoms with Crippen molar-refractivity contribution < 1.29 is 9.09 Å². The summed E-state index contributed by atoms with van der Waals surface area (Å²) in [5, 5.41) is 0.450. The van der Waals surface area contributed by atoms with Crippen LogP contribution in [0.2, 0.25) is 5.02 Å². The van der Waals surface area contributed by atoms with Crippen molar-refractivity contribution in [2.45, 2.75) is 0 Å². The monoisotopic (exact) mass is 262 g/mol. The smallest absolute Gasteiger partial charge is 0.394 e. The molecule has 0 saturated carbocycles. The van der Waals surface area contributed by atoms with Gasteiger partial charge in [0, 0.05) is 0 Å². The van der Waals surface area contributed by atoms with E-state index in [-0.39, 0.29) is 0 Å². The van der Waals surface area contributed by atoms with E-state index in [1.54, 1.807) is 61.8 Å². The molecule has 0 unspecified atom stereocenters. The Bertz CT molecular complexity index is 398. The largest absolute Gasteiger partial charge is 0.420 e. The normalized spacial score (nSPS) is 12.2. The number of hydrogen-bond donors (Lipinski definition) is 0. The van der Waals surface area contributed by atoms with Crippen LogP contribution in [-0.4, -0.2) is 37.5 Å². The van der Waals surface area contributed by atoms with Crippen molar-refractivity contribution in [2.75, 3.05) is 28.2 Å². The molecule has 0 heterocycles. The number of para-hydroxylation sites is 1. The van der Waals surface area contributed by atoms with Gasteiger partial charge < -0.3 is 4.52 Å². The van der Waals surface area contributed by atoms with E-state index in [4.69, 9.17) is 16.1 Å². The minimum atomic E-state index is -3.03. The fourth-order valence-corrected chi connectivity index (χ4v) is 2.85. The Labute approximate surface area is 101 Å². The summed E-state index contributed by atoms with van der Waals surface area (Å²) in [5.41, 5.74) is 0. The van der Waals surface area contributed by atoms with E-state index in [1.165, 1.54) is 0 Å². The first-order valence-corrected chi connectivity index (χ1v) is 6.68. The van der Waals surface area contributed by atoms with E-state index in [2.05, 4.69) is 0 Å². The second-order valence-corrected chi connectivity index (χ2v) is 6.88. The second kappa shape index (κ2) is 5.19. The summed E-state index contributed by atoms with van der Waals surface area (Å²) in [5.74, 6) is 0.426. The third-order valence-electron chi connectivity index (χ3n) is 2.06. The number of hydrogen-bond acceptors (Lipinski definition) is 2. The van der Waals surface area contributed by atoms with Gasteiger partial charge >= 0.3 is 7.67 Å². The number of halogens is 1. The summed E-state index contributed by atoms with van der Waals surface area (Å²) in [6.07, 6.45) is 0. The van der Waals surface area contributed by atoms with Gasteiger partial charge in [0.2, 0.25) is 0 Å². The molecule has 1 aromatic rings. The second-order valence-electron chi connectivity index (χ2n) is 3.71. The Morgan fingerprint density at radius 1 is 1.12 bits per heavy atom. The highest BCUT2D eigenvalue weighted by atomic mass is 35.5. The first-order valence-electron chi connectivity index (χ1n) is 4.77. The van der Waals surface area contributed by atoms with Gasteiger partial charge in [-0.1, -0.05) is 23.7 Å². The van der Waals surface area contributed by atoms with E-state index in [0.29, 0.717) is 10.8 Å². The topological polar surface area (TPSA) is 32.8 Å². The summed E-state index contributed by atoms with van der Waals surface area (Å²) in [6.45, 7) is 0. The fourth-order valence-electron chi connectivity index (χ4n) is 1.17. The molecule has 0 aromatic heterocycles. The highest BCUT2D eigenvalue weighted by molar-refractivity contribution is 7.54.